The first-order valence-corrected chi connectivity index (χ1v) is 8.23. The van der Waals surface area contributed by atoms with Gasteiger partial charge < -0.3 is 4.74 Å². The van der Waals surface area contributed by atoms with E-state index in [1.54, 1.807) is 6.07 Å². The SMILES string of the molecule is COC(=O)CCS(=O)(=O)N1CCc2cc(Cl)ccc2C1. The summed E-state index contributed by atoms with van der Waals surface area (Å²) in [6, 6.07) is 5.47. The molecular weight excluding hydrogens is 302 g/mol. The number of ether oxygens (including phenoxy) is 1. The van der Waals surface area contributed by atoms with E-state index >= 15 is 0 Å². The number of methoxy groups -OCH3 is 1. The number of esters is 1. The molecule has 110 valence electrons. The predicted octanol–water partition coefficient (Wildman–Crippen LogP) is 1.59. The molecule has 1 heterocycles. The molecule has 1 aliphatic rings. The maximum atomic E-state index is 12.2. The summed E-state index contributed by atoms with van der Waals surface area (Å²) in [7, 11) is -2.20. The molecule has 1 aromatic rings. The zero-order valence-electron chi connectivity index (χ0n) is 11.1. The van der Waals surface area contributed by atoms with E-state index in [2.05, 4.69) is 4.74 Å². The van der Waals surface area contributed by atoms with E-state index in [1.807, 2.05) is 12.1 Å². The lowest BCUT2D eigenvalue weighted by Crippen LogP contribution is -2.37. The highest BCUT2D eigenvalue weighted by atomic mass is 35.5. The number of carbonyl (C=O) groups is 1. The molecule has 0 N–H and O–H groups in total. The molecule has 0 radical (unpaired) electrons. The summed E-state index contributed by atoms with van der Waals surface area (Å²) < 4.78 is 30.2. The third kappa shape index (κ3) is 3.50. The first-order chi connectivity index (χ1) is 9.42. The Morgan fingerprint density at radius 3 is 2.85 bits per heavy atom. The van der Waals surface area contributed by atoms with Gasteiger partial charge in [0.15, 0.2) is 0 Å². The minimum atomic E-state index is -3.44. The topological polar surface area (TPSA) is 63.7 Å². The van der Waals surface area contributed by atoms with Crippen LogP contribution >= 0.6 is 11.6 Å². The van der Waals surface area contributed by atoms with Crippen LogP contribution < -0.4 is 0 Å². The maximum absolute atomic E-state index is 12.2. The van der Waals surface area contributed by atoms with Crippen molar-refractivity contribution in [2.75, 3.05) is 19.4 Å². The molecule has 0 unspecified atom stereocenters. The summed E-state index contributed by atoms with van der Waals surface area (Å²) in [5.74, 6) is -0.736. The molecule has 7 heteroatoms. The second kappa shape index (κ2) is 6.11. The first-order valence-electron chi connectivity index (χ1n) is 6.24. The maximum Gasteiger partial charge on any atom is 0.306 e. The van der Waals surface area contributed by atoms with E-state index in [0.29, 0.717) is 24.5 Å². The molecule has 0 bridgehead atoms. The van der Waals surface area contributed by atoms with Crippen molar-refractivity contribution in [3.8, 4) is 0 Å². The number of rotatable bonds is 4. The van der Waals surface area contributed by atoms with Crippen molar-refractivity contribution >= 4 is 27.6 Å². The van der Waals surface area contributed by atoms with Gasteiger partial charge >= 0.3 is 5.97 Å². The number of hydrogen-bond donors (Lipinski definition) is 0. The lowest BCUT2D eigenvalue weighted by Gasteiger charge is -2.28. The van der Waals surface area contributed by atoms with Crippen molar-refractivity contribution in [1.82, 2.24) is 4.31 Å². The van der Waals surface area contributed by atoms with Crippen molar-refractivity contribution in [3.05, 3.63) is 34.3 Å². The second-order valence-electron chi connectivity index (χ2n) is 4.64. The average molecular weight is 318 g/mol. The summed E-state index contributed by atoms with van der Waals surface area (Å²) in [5.41, 5.74) is 2.04. The van der Waals surface area contributed by atoms with Gasteiger partial charge in [-0.3, -0.25) is 4.79 Å². The van der Waals surface area contributed by atoms with E-state index < -0.39 is 16.0 Å². The van der Waals surface area contributed by atoms with Gasteiger partial charge in [-0.2, -0.15) is 4.31 Å². The number of sulfonamides is 1. The van der Waals surface area contributed by atoms with Crippen molar-refractivity contribution < 1.29 is 17.9 Å². The molecule has 0 aromatic heterocycles. The summed E-state index contributed by atoms with van der Waals surface area (Å²) in [4.78, 5) is 11.1. The molecule has 1 aromatic carbocycles. The fraction of sp³-hybridized carbons (Fsp3) is 0.462. The van der Waals surface area contributed by atoms with Crippen LogP contribution in [0.15, 0.2) is 18.2 Å². The van der Waals surface area contributed by atoms with Gasteiger partial charge in [0.25, 0.3) is 0 Å². The van der Waals surface area contributed by atoms with Gasteiger partial charge in [0.05, 0.1) is 19.3 Å². The van der Waals surface area contributed by atoms with Crippen LogP contribution in [0.25, 0.3) is 0 Å². The lowest BCUT2D eigenvalue weighted by atomic mass is 10.0. The smallest absolute Gasteiger partial charge is 0.306 e. The van der Waals surface area contributed by atoms with Crippen LogP contribution in [0.4, 0.5) is 0 Å². The second-order valence-corrected chi connectivity index (χ2v) is 7.16. The van der Waals surface area contributed by atoms with Gasteiger partial charge in [0.2, 0.25) is 10.0 Å². The van der Waals surface area contributed by atoms with E-state index in [-0.39, 0.29) is 12.2 Å². The number of halogens is 1. The van der Waals surface area contributed by atoms with Crippen LogP contribution in [-0.4, -0.2) is 38.1 Å². The van der Waals surface area contributed by atoms with Gasteiger partial charge in [-0.15, -0.1) is 0 Å². The molecule has 0 atom stereocenters. The predicted molar refractivity (Wildman–Crippen MR) is 76.0 cm³/mol. The van der Waals surface area contributed by atoms with Gasteiger partial charge in [-0.05, 0) is 29.7 Å². The van der Waals surface area contributed by atoms with Crippen LogP contribution in [-0.2, 0) is 32.5 Å². The largest absolute Gasteiger partial charge is 0.469 e. The van der Waals surface area contributed by atoms with Crippen LogP contribution in [0.5, 0.6) is 0 Å². The van der Waals surface area contributed by atoms with Crippen molar-refractivity contribution in [2.24, 2.45) is 0 Å². The highest BCUT2D eigenvalue weighted by Crippen LogP contribution is 2.24. The molecule has 0 saturated carbocycles. The molecule has 1 aliphatic heterocycles. The van der Waals surface area contributed by atoms with Crippen LogP contribution in [0.3, 0.4) is 0 Å². The Balaban J connectivity index is 2.08. The minimum absolute atomic E-state index is 0.122. The molecule has 0 aliphatic carbocycles. The molecule has 5 nitrogen and oxygen atoms in total. The number of hydrogen-bond acceptors (Lipinski definition) is 4. The fourth-order valence-electron chi connectivity index (χ4n) is 2.18. The van der Waals surface area contributed by atoms with E-state index in [0.717, 1.165) is 11.1 Å². The lowest BCUT2D eigenvalue weighted by molar-refractivity contribution is -0.140. The molecule has 2 rings (SSSR count). The Kier molecular flexibility index (Phi) is 4.67. The molecule has 0 saturated heterocycles. The Bertz CT molecular complexity index is 615. The number of nitrogens with zero attached hydrogens (tertiary/aromatic N) is 1. The fourth-order valence-corrected chi connectivity index (χ4v) is 3.76. The van der Waals surface area contributed by atoms with Gasteiger partial charge in [0, 0.05) is 18.1 Å². The van der Waals surface area contributed by atoms with Gasteiger partial charge in [-0.1, -0.05) is 17.7 Å². The summed E-state index contributed by atoms with van der Waals surface area (Å²) in [5, 5.41) is 0.658. The monoisotopic (exact) mass is 317 g/mol. The Morgan fingerprint density at radius 1 is 1.40 bits per heavy atom. The molecule has 0 fully saturated rings. The van der Waals surface area contributed by atoms with Gasteiger partial charge in [0.1, 0.15) is 0 Å². The van der Waals surface area contributed by atoms with E-state index in [9.17, 15) is 13.2 Å². The third-order valence-electron chi connectivity index (χ3n) is 3.33. The normalized spacial score (nSPS) is 15.7. The van der Waals surface area contributed by atoms with Crippen molar-refractivity contribution in [3.63, 3.8) is 0 Å². The highest BCUT2D eigenvalue weighted by molar-refractivity contribution is 7.89. The average Bonchev–Trinajstić information content (AvgIpc) is 2.44. The van der Waals surface area contributed by atoms with Crippen molar-refractivity contribution in [1.29, 1.82) is 0 Å². The zero-order valence-corrected chi connectivity index (χ0v) is 12.7. The number of carbonyl (C=O) groups excluding carboxylic acids is 1. The third-order valence-corrected chi connectivity index (χ3v) is 5.38. The van der Waals surface area contributed by atoms with Crippen molar-refractivity contribution in [2.45, 2.75) is 19.4 Å². The molecule has 0 amide bonds. The number of benzene rings is 1. The Labute approximate surface area is 123 Å². The summed E-state index contributed by atoms with van der Waals surface area (Å²) in [6.45, 7) is 0.743. The standard InChI is InChI=1S/C13H16ClNO4S/c1-19-13(16)5-7-20(17,18)15-6-4-10-8-12(14)3-2-11(10)9-15/h2-3,8H,4-7,9H2,1H3. The summed E-state index contributed by atoms with van der Waals surface area (Å²) in [6.07, 6.45) is 0.510. The number of fused-ring (bicyclic) bond motifs is 1. The molecule has 0 spiro atoms. The summed E-state index contributed by atoms with van der Waals surface area (Å²) >= 11 is 5.92. The molecular formula is C13H16ClNO4S. The Hall–Kier alpha value is -1.11. The van der Waals surface area contributed by atoms with Gasteiger partial charge in [-0.25, -0.2) is 8.42 Å². The quantitative estimate of drug-likeness (QED) is 0.791. The van der Waals surface area contributed by atoms with Crippen LogP contribution in [0, 0.1) is 0 Å². The van der Waals surface area contributed by atoms with Crippen LogP contribution in [0.2, 0.25) is 5.02 Å². The highest BCUT2D eigenvalue weighted by Gasteiger charge is 2.27. The Morgan fingerprint density at radius 2 is 2.15 bits per heavy atom. The zero-order chi connectivity index (χ0) is 14.8. The molecule has 20 heavy (non-hydrogen) atoms. The van der Waals surface area contributed by atoms with Crippen LogP contribution in [0.1, 0.15) is 17.5 Å². The first kappa shape index (κ1) is 15.3. The van der Waals surface area contributed by atoms with E-state index in [4.69, 9.17) is 11.6 Å². The minimum Gasteiger partial charge on any atom is -0.469 e. The van der Waals surface area contributed by atoms with E-state index in [1.165, 1.54) is 11.4 Å².